The van der Waals surface area contributed by atoms with Crippen LogP contribution < -0.4 is 10.6 Å². The average molecular weight is 256 g/mol. The maximum Gasteiger partial charge on any atom is 0.319 e. The highest BCUT2D eigenvalue weighted by atomic mass is 32.1. The van der Waals surface area contributed by atoms with Crippen LogP contribution in [0.15, 0.2) is 16.8 Å². The number of anilines is 1. The molecule has 1 aromatic rings. The van der Waals surface area contributed by atoms with E-state index < -0.39 is 5.97 Å². The number of thiophene rings is 1. The molecule has 6 heteroatoms. The van der Waals surface area contributed by atoms with Crippen LogP contribution in [0.4, 0.5) is 10.5 Å². The molecule has 17 heavy (non-hydrogen) atoms. The summed E-state index contributed by atoms with van der Waals surface area (Å²) < 4.78 is 0. The number of aliphatic carboxylic acids is 1. The van der Waals surface area contributed by atoms with Gasteiger partial charge in [-0.3, -0.25) is 4.79 Å². The Bertz CT molecular complexity index is 365. The predicted molar refractivity (Wildman–Crippen MR) is 67.4 cm³/mol. The second-order valence-corrected chi connectivity index (χ2v) is 4.58. The Labute approximate surface area is 104 Å². The lowest BCUT2D eigenvalue weighted by molar-refractivity contribution is -0.137. The summed E-state index contributed by atoms with van der Waals surface area (Å²) in [6, 6.07) is 1.53. The van der Waals surface area contributed by atoms with Crippen LogP contribution in [0.1, 0.15) is 26.2 Å². The van der Waals surface area contributed by atoms with Crippen molar-refractivity contribution in [2.45, 2.75) is 32.2 Å². The van der Waals surface area contributed by atoms with E-state index in [2.05, 4.69) is 10.6 Å². The molecule has 0 fully saturated rings. The van der Waals surface area contributed by atoms with Crippen LogP contribution >= 0.6 is 11.3 Å². The van der Waals surface area contributed by atoms with Crippen LogP contribution in [0.3, 0.4) is 0 Å². The van der Waals surface area contributed by atoms with Gasteiger partial charge in [0, 0.05) is 17.8 Å². The number of carbonyl (C=O) groups excluding carboxylic acids is 1. The lowest BCUT2D eigenvalue weighted by Crippen LogP contribution is -2.36. The summed E-state index contributed by atoms with van der Waals surface area (Å²) in [5.41, 5.74) is 0.769. The van der Waals surface area contributed by atoms with E-state index in [9.17, 15) is 9.59 Å². The number of carbonyl (C=O) groups is 2. The van der Waals surface area contributed by atoms with Crippen molar-refractivity contribution >= 4 is 29.0 Å². The number of nitrogens with one attached hydrogen (secondary N) is 2. The van der Waals surface area contributed by atoms with E-state index in [1.54, 1.807) is 0 Å². The molecule has 0 aliphatic carbocycles. The highest BCUT2D eigenvalue weighted by molar-refractivity contribution is 7.08. The highest BCUT2D eigenvalue weighted by Crippen LogP contribution is 2.11. The minimum atomic E-state index is -0.806. The van der Waals surface area contributed by atoms with Crippen molar-refractivity contribution in [1.82, 2.24) is 5.32 Å². The summed E-state index contributed by atoms with van der Waals surface area (Å²) in [4.78, 5) is 21.8. The first-order valence-corrected chi connectivity index (χ1v) is 6.33. The number of rotatable bonds is 6. The monoisotopic (exact) mass is 256 g/mol. The molecule has 1 rings (SSSR count). The van der Waals surface area contributed by atoms with Gasteiger partial charge in [-0.05, 0) is 31.2 Å². The molecule has 1 unspecified atom stereocenters. The SMILES string of the molecule is CC(CCCC(=O)O)NC(=O)Nc1ccsc1. The van der Waals surface area contributed by atoms with Gasteiger partial charge in [0.25, 0.3) is 0 Å². The van der Waals surface area contributed by atoms with E-state index in [4.69, 9.17) is 5.11 Å². The number of carboxylic acid groups (broad SMARTS) is 1. The Hall–Kier alpha value is -1.56. The Kier molecular flexibility index (Phi) is 5.48. The second-order valence-electron chi connectivity index (χ2n) is 3.80. The van der Waals surface area contributed by atoms with E-state index in [-0.39, 0.29) is 18.5 Å². The van der Waals surface area contributed by atoms with Crippen molar-refractivity contribution < 1.29 is 14.7 Å². The first-order valence-electron chi connectivity index (χ1n) is 5.39. The molecule has 0 aliphatic rings. The molecule has 0 aliphatic heterocycles. The first kappa shape index (κ1) is 13.5. The van der Waals surface area contributed by atoms with Crippen molar-refractivity contribution in [1.29, 1.82) is 0 Å². The summed E-state index contributed by atoms with van der Waals surface area (Å²) in [5.74, 6) is -0.806. The van der Waals surface area contributed by atoms with Gasteiger partial charge in [0.15, 0.2) is 0 Å². The minimum Gasteiger partial charge on any atom is -0.481 e. The summed E-state index contributed by atoms with van der Waals surface area (Å²) in [6.45, 7) is 1.86. The van der Waals surface area contributed by atoms with Crippen molar-refractivity contribution in [3.05, 3.63) is 16.8 Å². The zero-order chi connectivity index (χ0) is 12.7. The van der Waals surface area contributed by atoms with Gasteiger partial charge in [-0.25, -0.2) is 4.79 Å². The molecule has 0 saturated heterocycles. The zero-order valence-electron chi connectivity index (χ0n) is 9.60. The van der Waals surface area contributed by atoms with Gasteiger partial charge in [-0.1, -0.05) is 0 Å². The maximum atomic E-state index is 11.5. The Morgan fingerprint density at radius 2 is 2.29 bits per heavy atom. The lowest BCUT2D eigenvalue weighted by Gasteiger charge is -2.13. The fourth-order valence-electron chi connectivity index (χ4n) is 1.36. The van der Waals surface area contributed by atoms with Gasteiger partial charge in [0.05, 0.1) is 5.69 Å². The largest absolute Gasteiger partial charge is 0.481 e. The Balaban J connectivity index is 2.19. The lowest BCUT2D eigenvalue weighted by atomic mass is 10.1. The topological polar surface area (TPSA) is 78.4 Å². The Morgan fingerprint density at radius 1 is 1.53 bits per heavy atom. The number of carboxylic acids is 1. The van der Waals surface area contributed by atoms with Gasteiger partial charge >= 0.3 is 12.0 Å². The third kappa shape index (κ3) is 5.91. The summed E-state index contributed by atoms with van der Waals surface area (Å²) >= 11 is 1.51. The fraction of sp³-hybridized carbons (Fsp3) is 0.455. The van der Waals surface area contributed by atoms with Crippen LogP contribution in [0.25, 0.3) is 0 Å². The quantitative estimate of drug-likeness (QED) is 0.731. The predicted octanol–water partition coefficient (Wildman–Crippen LogP) is 2.51. The minimum absolute atomic E-state index is 0.0343. The number of amides is 2. The number of hydrogen-bond acceptors (Lipinski definition) is 3. The molecule has 94 valence electrons. The van der Waals surface area contributed by atoms with Crippen LogP contribution in [-0.4, -0.2) is 23.1 Å². The van der Waals surface area contributed by atoms with E-state index >= 15 is 0 Å². The molecule has 1 heterocycles. The molecule has 3 N–H and O–H groups in total. The Morgan fingerprint density at radius 3 is 2.88 bits per heavy atom. The highest BCUT2D eigenvalue weighted by Gasteiger charge is 2.08. The zero-order valence-corrected chi connectivity index (χ0v) is 10.4. The molecule has 0 saturated carbocycles. The van der Waals surface area contributed by atoms with E-state index in [0.717, 1.165) is 5.69 Å². The second kappa shape index (κ2) is 6.90. The summed E-state index contributed by atoms with van der Waals surface area (Å²) in [5, 5.41) is 17.7. The standard InChI is InChI=1S/C11H16N2O3S/c1-8(3-2-4-10(14)15)12-11(16)13-9-5-6-17-7-9/h5-8H,2-4H2,1H3,(H,14,15)(H2,12,13,16). The normalized spacial score (nSPS) is 11.8. The van der Waals surface area contributed by atoms with E-state index in [0.29, 0.717) is 12.8 Å². The number of urea groups is 1. The molecule has 1 aromatic heterocycles. The molecule has 0 aromatic carbocycles. The smallest absolute Gasteiger partial charge is 0.319 e. The van der Waals surface area contributed by atoms with Gasteiger partial charge in [0.1, 0.15) is 0 Å². The van der Waals surface area contributed by atoms with Crippen LogP contribution in [0.2, 0.25) is 0 Å². The molecule has 0 bridgehead atoms. The van der Waals surface area contributed by atoms with E-state index in [1.165, 1.54) is 11.3 Å². The van der Waals surface area contributed by atoms with Crippen molar-refractivity contribution in [3.63, 3.8) is 0 Å². The number of hydrogen-bond donors (Lipinski definition) is 3. The molecule has 2 amide bonds. The van der Waals surface area contributed by atoms with E-state index in [1.807, 2.05) is 23.8 Å². The van der Waals surface area contributed by atoms with Gasteiger partial charge in [-0.2, -0.15) is 11.3 Å². The van der Waals surface area contributed by atoms with Gasteiger partial charge < -0.3 is 15.7 Å². The summed E-state index contributed by atoms with van der Waals surface area (Å²) in [7, 11) is 0. The van der Waals surface area contributed by atoms with Crippen molar-refractivity contribution in [2.24, 2.45) is 0 Å². The average Bonchev–Trinajstić information content (AvgIpc) is 2.69. The van der Waals surface area contributed by atoms with Crippen LogP contribution in [-0.2, 0) is 4.79 Å². The van der Waals surface area contributed by atoms with Gasteiger partial charge in [0.2, 0.25) is 0 Å². The third-order valence-electron chi connectivity index (χ3n) is 2.18. The van der Waals surface area contributed by atoms with Gasteiger partial charge in [-0.15, -0.1) is 0 Å². The van der Waals surface area contributed by atoms with Crippen molar-refractivity contribution in [3.8, 4) is 0 Å². The molecular formula is C11H16N2O3S. The summed E-state index contributed by atoms with van der Waals surface area (Å²) in [6.07, 6.45) is 1.36. The first-order chi connectivity index (χ1) is 8.08. The molecule has 0 radical (unpaired) electrons. The third-order valence-corrected chi connectivity index (χ3v) is 2.87. The molecule has 1 atom stereocenters. The molecule has 0 spiro atoms. The fourth-order valence-corrected chi connectivity index (χ4v) is 1.95. The van der Waals surface area contributed by atoms with Crippen LogP contribution in [0, 0.1) is 0 Å². The molecular weight excluding hydrogens is 240 g/mol. The maximum absolute atomic E-state index is 11.5. The molecule has 5 nitrogen and oxygen atoms in total. The van der Waals surface area contributed by atoms with Crippen LogP contribution in [0.5, 0.6) is 0 Å². The van der Waals surface area contributed by atoms with Crippen molar-refractivity contribution in [2.75, 3.05) is 5.32 Å².